The van der Waals surface area contributed by atoms with Crippen LogP contribution in [0.3, 0.4) is 0 Å². The first-order valence-electron chi connectivity index (χ1n) is 11.3. The van der Waals surface area contributed by atoms with Gasteiger partial charge in [-0.2, -0.15) is 0 Å². The Morgan fingerprint density at radius 3 is 2.16 bits per heavy atom. The van der Waals surface area contributed by atoms with Crippen molar-refractivity contribution in [3.05, 3.63) is 89.4 Å². The maximum atomic E-state index is 12.3. The van der Waals surface area contributed by atoms with Gasteiger partial charge in [-0.3, -0.25) is 9.69 Å². The van der Waals surface area contributed by atoms with Crippen molar-refractivity contribution in [1.29, 1.82) is 0 Å². The van der Waals surface area contributed by atoms with E-state index in [1.165, 1.54) is 16.8 Å². The Hall–Kier alpha value is -2.82. The molecule has 166 valence electrons. The molecular weight excluding hydrogens is 418 g/mol. The van der Waals surface area contributed by atoms with Crippen molar-refractivity contribution in [2.24, 2.45) is 0 Å². The Labute approximate surface area is 195 Å². The van der Waals surface area contributed by atoms with Gasteiger partial charge in [0.15, 0.2) is 0 Å². The second-order valence-corrected chi connectivity index (χ2v) is 8.68. The first-order chi connectivity index (χ1) is 15.7. The molecule has 0 bridgehead atoms. The highest BCUT2D eigenvalue weighted by Gasteiger charge is 2.16. The summed E-state index contributed by atoms with van der Waals surface area (Å²) in [5.41, 5.74) is 4.64. The van der Waals surface area contributed by atoms with Crippen LogP contribution in [0.2, 0.25) is 5.02 Å². The highest BCUT2D eigenvalue weighted by molar-refractivity contribution is 6.30. The van der Waals surface area contributed by atoms with E-state index in [0.717, 1.165) is 56.3 Å². The summed E-state index contributed by atoms with van der Waals surface area (Å²) in [6.45, 7) is 5.87. The lowest BCUT2D eigenvalue weighted by Gasteiger charge is -2.36. The van der Waals surface area contributed by atoms with Gasteiger partial charge in [-0.25, -0.2) is 0 Å². The van der Waals surface area contributed by atoms with E-state index in [4.69, 9.17) is 11.6 Å². The molecule has 0 unspecified atom stereocenters. The molecule has 4 rings (SSSR count). The lowest BCUT2D eigenvalue weighted by molar-refractivity contribution is -0.120. The quantitative estimate of drug-likeness (QED) is 0.500. The van der Waals surface area contributed by atoms with Crippen LogP contribution in [-0.2, 0) is 11.2 Å². The standard InChI is InChI=1S/C27H30ClN3O/c28-25-11-13-26(14-12-25)31-19-17-30(18-20-31)16-4-15-29-27(32)21-22-7-9-24(10-8-22)23-5-2-1-3-6-23/h1-3,5-14H,4,15-21H2,(H,29,32). The summed E-state index contributed by atoms with van der Waals surface area (Å²) in [6, 6.07) is 26.6. The molecule has 0 atom stereocenters. The smallest absolute Gasteiger partial charge is 0.224 e. The average molecular weight is 448 g/mol. The molecular formula is C27H30ClN3O. The lowest BCUT2D eigenvalue weighted by atomic mass is 10.0. The van der Waals surface area contributed by atoms with Gasteiger partial charge in [0.05, 0.1) is 6.42 Å². The van der Waals surface area contributed by atoms with Gasteiger partial charge in [0, 0.05) is 43.4 Å². The van der Waals surface area contributed by atoms with E-state index in [1.807, 2.05) is 42.5 Å². The fourth-order valence-electron chi connectivity index (χ4n) is 4.11. The third-order valence-electron chi connectivity index (χ3n) is 5.96. The molecule has 1 heterocycles. The second-order valence-electron chi connectivity index (χ2n) is 8.25. The summed E-state index contributed by atoms with van der Waals surface area (Å²) in [5.74, 6) is 0.0880. The van der Waals surface area contributed by atoms with E-state index >= 15 is 0 Å². The van der Waals surface area contributed by atoms with Crippen molar-refractivity contribution in [3.8, 4) is 11.1 Å². The third-order valence-corrected chi connectivity index (χ3v) is 6.22. The van der Waals surface area contributed by atoms with Gasteiger partial charge < -0.3 is 10.2 Å². The van der Waals surface area contributed by atoms with Crippen LogP contribution >= 0.6 is 11.6 Å². The van der Waals surface area contributed by atoms with Crippen molar-refractivity contribution in [2.75, 3.05) is 44.2 Å². The van der Waals surface area contributed by atoms with E-state index in [0.29, 0.717) is 6.42 Å². The molecule has 3 aromatic rings. The first-order valence-corrected chi connectivity index (χ1v) is 11.7. The van der Waals surface area contributed by atoms with Crippen LogP contribution in [0.25, 0.3) is 11.1 Å². The number of amides is 1. The summed E-state index contributed by atoms with van der Waals surface area (Å²) in [4.78, 5) is 17.2. The number of benzene rings is 3. The number of hydrogen-bond acceptors (Lipinski definition) is 3. The molecule has 5 heteroatoms. The molecule has 1 aliphatic heterocycles. The monoisotopic (exact) mass is 447 g/mol. The van der Waals surface area contributed by atoms with Crippen molar-refractivity contribution in [1.82, 2.24) is 10.2 Å². The van der Waals surface area contributed by atoms with Crippen molar-refractivity contribution in [2.45, 2.75) is 12.8 Å². The SMILES string of the molecule is O=C(Cc1ccc(-c2ccccc2)cc1)NCCCN1CCN(c2ccc(Cl)cc2)CC1. The van der Waals surface area contributed by atoms with Gasteiger partial charge in [-0.15, -0.1) is 0 Å². The van der Waals surface area contributed by atoms with E-state index < -0.39 is 0 Å². The average Bonchev–Trinajstić information content (AvgIpc) is 2.84. The molecule has 1 aliphatic rings. The summed E-state index contributed by atoms with van der Waals surface area (Å²) in [6.07, 6.45) is 1.40. The number of nitrogens with one attached hydrogen (secondary N) is 1. The van der Waals surface area contributed by atoms with Crippen molar-refractivity contribution in [3.63, 3.8) is 0 Å². The zero-order valence-electron chi connectivity index (χ0n) is 18.3. The van der Waals surface area contributed by atoms with Crippen LogP contribution in [0.15, 0.2) is 78.9 Å². The van der Waals surface area contributed by atoms with Gasteiger partial charge in [0.1, 0.15) is 0 Å². The Balaban J connectivity index is 1.13. The minimum absolute atomic E-state index is 0.0880. The first kappa shape index (κ1) is 22.4. The number of hydrogen-bond donors (Lipinski definition) is 1. The van der Waals surface area contributed by atoms with Gasteiger partial charge in [0.25, 0.3) is 0 Å². The van der Waals surface area contributed by atoms with Gasteiger partial charge in [-0.05, 0) is 53.9 Å². The summed E-state index contributed by atoms with van der Waals surface area (Å²) < 4.78 is 0. The molecule has 1 amide bonds. The molecule has 4 nitrogen and oxygen atoms in total. The Bertz CT molecular complexity index is 982. The molecule has 3 aromatic carbocycles. The molecule has 0 aliphatic carbocycles. The fraction of sp³-hybridized carbons (Fsp3) is 0.296. The van der Waals surface area contributed by atoms with E-state index in [-0.39, 0.29) is 5.91 Å². The summed E-state index contributed by atoms with van der Waals surface area (Å²) in [7, 11) is 0. The zero-order valence-corrected chi connectivity index (χ0v) is 19.1. The van der Waals surface area contributed by atoms with Gasteiger partial charge in [0.2, 0.25) is 5.91 Å². The second kappa shape index (κ2) is 11.2. The maximum absolute atomic E-state index is 12.3. The molecule has 0 radical (unpaired) electrons. The minimum Gasteiger partial charge on any atom is -0.369 e. The van der Waals surface area contributed by atoms with Crippen LogP contribution in [0.5, 0.6) is 0 Å². The molecule has 1 fully saturated rings. The highest BCUT2D eigenvalue weighted by Crippen LogP contribution is 2.20. The zero-order chi connectivity index (χ0) is 22.2. The van der Waals surface area contributed by atoms with E-state index in [9.17, 15) is 4.79 Å². The van der Waals surface area contributed by atoms with Crippen molar-refractivity contribution >= 4 is 23.2 Å². The third kappa shape index (κ3) is 6.35. The number of nitrogens with zero attached hydrogens (tertiary/aromatic N) is 2. The number of piperazine rings is 1. The highest BCUT2D eigenvalue weighted by atomic mass is 35.5. The van der Waals surface area contributed by atoms with Crippen molar-refractivity contribution < 1.29 is 4.79 Å². The number of rotatable bonds is 8. The summed E-state index contributed by atoms with van der Waals surface area (Å²) in [5, 5.41) is 3.84. The molecule has 1 N–H and O–H groups in total. The van der Waals surface area contributed by atoms with Gasteiger partial charge >= 0.3 is 0 Å². The largest absolute Gasteiger partial charge is 0.369 e. The maximum Gasteiger partial charge on any atom is 0.224 e. The fourth-order valence-corrected chi connectivity index (χ4v) is 4.23. The molecule has 32 heavy (non-hydrogen) atoms. The van der Waals surface area contributed by atoms with Crippen LogP contribution in [0, 0.1) is 0 Å². The predicted molar refractivity (Wildman–Crippen MR) is 133 cm³/mol. The van der Waals surface area contributed by atoms with E-state index in [2.05, 4.69) is 51.5 Å². The van der Waals surface area contributed by atoms with E-state index in [1.54, 1.807) is 0 Å². The number of carbonyl (C=O) groups excluding carboxylic acids is 1. The Kier molecular flexibility index (Phi) is 7.81. The predicted octanol–water partition coefficient (Wildman–Crippen LogP) is 4.88. The molecule has 1 saturated heterocycles. The normalized spacial score (nSPS) is 14.3. The Morgan fingerprint density at radius 2 is 1.47 bits per heavy atom. The number of carbonyl (C=O) groups is 1. The molecule has 0 aromatic heterocycles. The topological polar surface area (TPSA) is 35.6 Å². The van der Waals surface area contributed by atoms with Gasteiger partial charge in [-0.1, -0.05) is 66.2 Å². The number of anilines is 1. The molecule has 0 spiro atoms. The summed E-state index contributed by atoms with van der Waals surface area (Å²) >= 11 is 5.98. The van der Waals surface area contributed by atoms with Crippen LogP contribution < -0.4 is 10.2 Å². The minimum atomic E-state index is 0.0880. The van der Waals surface area contributed by atoms with Crippen LogP contribution in [-0.4, -0.2) is 50.1 Å². The Morgan fingerprint density at radius 1 is 0.812 bits per heavy atom. The van der Waals surface area contributed by atoms with Crippen LogP contribution in [0.1, 0.15) is 12.0 Å². The van der Waals surface area contributed by atoms with Crippen LogP contribution in [0.4, 0.5) is 5.69 Å². The lowest BCUT2D eigenvalue weighted by Crippen LogP contribution is -2.47. The number of halogens is 1. The molecule has 0 saturated carbocycles.